The van der Waals surface area contributed by atoms with Crippen molar-refractivity contribution in [3.8, 4) is 0 Å². The first-order valence-electron chi connectivity index (χ1n) is 4.10. The van der Waals surface area contributed by atoms with E-state index in [9.17, 15) is 4.79 Å². The summed E-state index contributed by atoms with van der Waals surface area (Å²) in [5, 5.41) is 0. The molecular weight excluding hydrogens is 283 g/mol. The average Bonchev–Trinajstić information content (AvgIpc) is 2.48. The lowest BCUT2D eigenvalue weighted by atomic mass is 10.2. The van der Waals surface area contributed by atoms with Gasteiger partial charge in [0.2, 0.25) is 0 Å². The van der Waals surface area contributed by atoms with E-state index in [0.29, 0.717) is 19.4 Å². The van der Waals surface area contributed by atoms with Gasteiger partial charge in [-0.05, 0) is 35.9 Å². The maximum atomic E-state index is 11.0. The molecule has 13 heavy (non-hydrogen) atoms. The van der Waals surface area contributed by atoms with E-state index in [1.54, 1.807) is 19.5 Å². The maximum Gasteiger partial charge on any atom is 0.306 e. The van der Waals surface area contributed by atoms with Gasteiger partial charge in [-0.1, -0.05) is 0 Å². The number of aryl methyl sites for hydroxylation is 1. The van der Waals surface area contributed by atoms with Crippen molar-refractivity contribution in [2.75, 3.05) is 6.61 Å². The van der Waals surface area contributed by atoms with Gasteiger partial charge in [-0.3, -0.25) is 4.79 Å². The van der Waals surface area contributed by atoms with Crippen molar-refractivity contribution in [1.29, 1.82) is 0 Å². The Morgan fingerprint density at radius 1 is 1.62 bits per heavy atom. The van der Waals surface area contributed by atoms with Crippen molar-refractivity contribution in [1.82, 2.24) is 0 Å². The molecule has 0 aliphatic heterocycles. The zero-order valence-corrected chi connectivity index (χ0v) is 9.54. The van der Waals surface area contributed by atoms with Crippen LogP contribution in [0.4, 0.5) is 0 Å². The Morgan fingerprint density at radius 3 is 2.92 bits per heavy atom. The molecule has 1 rings (SSSR count). The molecule has 0 atom stereocenters. The molecule has 4 heteroatoms. The third-order valence-electron chi connectivity index (χ3n) is 1.59. The van der Waals surface area contributed by atoms with Crippen LogP contribution in [-0.4, -0.2) is 12.6 Å². The molecular formula is C9H11IO3. The van der Waals surface area contributed by atoms with E-state index >= 15 is 0 Å². The summed E-state index contributed by atoms with van der Waals surface area (Å²) < 4.78 is 10.8. The number of carbonyl (C=O) groups is 1. The van der Waals surface area contributed by atoms with E-state index in [1.807, 2.05) is 0 Å². The Kier molecular flexibility index (Phi) is 4.27. The number of furan rings is 1. The van der Waals surface area contributed by atoms with Crippen molar-refractivity contribution in [3.05, 3.63) is 21.7 Å². The van der Waals surface area contributed by atoms with Gasteiger partial charge < -0.3 is 9.15 Å². The van der Waals surface area contributed by atoms with E-state index in [1.165, 1.54) is 0 Å². The quantitative estimate of drug-likeness (QED) is 0.632. The number of hydrogen-bond acceptors (Lipinski definition) is 3. The Bertz CT molecular complexity index is 280. The van der Waals surface area contributed by atoms with Gasteiger partial charge in [0.05, 0.1) is 16.4 Å². The van der Waals surface area contributed by atoms with Gasteiger partial charge in [-0.25, -0.2) is 0 Å². The minimum atomic E-state index is -0.153. The lowest BCUT2D eigenvalue weighted by Gasteiger charge is -1.99. The summed E-state index contributed by atoms with van der Waals surface area (Å²) in [5.41, 5.74) is 1.06. The average molecular weight is 294 g/mol. The first-order chi connectivity index (χ1) is 6.24. The molecule has 0 radical (unpaired) electrons. The van der Waals surface area contributed by atoms with Gasteiger partial charge in [0.1, 0.15) is 6.26 Å². The molecule has 0 saturated heterocycles. The largest absolute Gasteiger partial charge is 0.471 e. The van der Waals surface area contributed by atoms with Gasteiger partial charge in [-0.2, -0.15) is 0 Å². The predicted octanol–water partition coefficient (Wildman–Crippen LogP) is 2.38. The standard InChI is InChI=1S/C9H11IO3/c1-2-13-9(11)4-3-7-5-12-6-8(7)10/h5-6H,2-4H2,1H3. The van der Waals surface area contributed by atoms with E-state index < -0.39 is 0 Å². The first-order valence-corrected chi connectivity index (χ1v) is 5.18. The van der Waals surface area contributed by atoms with Gasteiger partial charge in [0.15, 0.2) is 0 Å². The summed E-state index contributed by atoms with van der Waals surface area (Å²) in [4.78, 5) is 11.0. The van der Waals surface area contributed by atoms with Crippen molar-refractivity contribution in [2.24, 2.45) is 0 Å². The molecule has 0 aliphatic carbocycles. The van der Waals surface area contributed by atoms with Gasteiger partial charge >= 0.3 is 5.97 Å². The second-order valence-corrected chi connectivity index (χ2v) is 3.71. The highest BCUT2D eigenvalue weighted by Gasteiger charge is 2.06. The van der Waals surface area contributed by atoms with Gasteiger partial charge in [0.25, 0.3) is 0 Å². The molecule has 0 fully saturated rings. The van der Waals surface area contributed by atoms with E-state index in [-0.39, 0.29) is 5.97 Å². The summed E-state index contributed by atoms with van der Waals surface area (Å²) >= 11 is 2.18. The molecule has 0 N–H and O–H groups in total. The Hall–Kier alpha value is -0.520. The highest BCUT2D eigenvalue weighted by Crippen LogP contribution is 2.14. The smallest absolute Gasteiger partial charge is 0.306 e. The normalized spacial score (nSPS) is 10.0. The fraction of sp³-hybridized carbons (Fsp3) is 0.444. The molecule has 0 bridgehead atoms. The number of rotatable bonds is 4. The third-order valence-corrected chi connectivity index (χ3v) is 2.54. The number of halogens is 1. The lowest BCUT2D eigenvalue weighted by Crippen LogP contribution is -2.05. The SMILES string of the molecule is CCOC(=O)CCc1cocc1I. The summed E-state index contributed by atoms with van der Waals surface area (Å²) in [7, 11) is 0. The van der Waals surface area contributed by atoms with Crippen molar-refractivity contribution in [3.63, 3.8) is 0 Å². The second kappa shape index (κ2) is 5.26. The van der Waals surface area contributed by atoms with Crippen LogP contribution in [0.15, 0.2) is 16.9 Å². The van der Waals surface area contributed by atoms with Crippen LogP contribution in [-0.2, 0) is 16.0 Å². The Balaban J connectivity index is 2.35. The van der Waals surface area contributed by atoms with Crippen LogP contribution in [0.25, 0.3) is 0 Å². The van der Waals surface area contributed by atoms with Crippen LogP contribution >= 0.6 is 22.6 Å². The van der Waals surface area contributed by atoms with E-state index in [4.69, 9.17) is 9.15 Å². The highest BCUT2D eigenvalue weighted by atomic mass is 127. The third kappa shape index (κ3) is 3.38. The molecule has 72 valence electrons. The lowest BCUT2D eigenvalue weighted by molar-refractivity contribution is -0.143. The molecule has 0 aliphatic rings. The fourth-order valence-electron chi connectivity index (χ4n) is 0.956. The van der Waals surface area contributed by atoms with E-state index in [2.05, 4.69) is 22.6 Å². The molecule has 0 amide bonds. The van der Waals surface area contributed by atoms with Crippen molar-refractivity contribution in [2.45, 2.75) is 19.8 Å². The summed E-state index contributed by atoms with van der Waals surface area (Å²) in [6, 6.07) is 0. The first kappa shape index (κ1) is 10.6. The van der Waals surface area contributed by atoms with Crippen LogP contribution in [0.3, 0.4) is 0 Å². The molecule has 3 nitrogen and oxygen atoms in total. The summed E-state index contributed by atoms with van der Waals surface area (Å²) in [6.07, 6.45) is 4.44. The highest BCUT2D eigenvalue weighted by molar-refractivity contribution is 14.1. The fourth-order valence-corrected chi connectivity index (χ4v) is 1.50. The van der Waals surface area contributed by atoms with Crippen molar-refractivity contribution < 1.29 is 13.9 Å². The minimum absolute atomic E-state index is 0.153. The molecule has 0 spiro atoms. The predicted molar refractivity (Wildman–Crippen MR) is 56.4 cm³/mol. The molecule has 0 aromatic carbocycles. The summed E-state index contributed by atoms with van der Waals surface area (Å²) in [6.45, 7) is 2.25. The number of carbonyl (C=O) groups excluding carboxylic acids is 1. The molecule has 0 unspecified atom stereocenters. The zero-order valence-electron chi connectivity index (χ0n) is 7.38. The van der Waals surface area contributed by atoms with Crippen molar-refractivity contribution >= 4 is 28.6 Å². The molecule has 1 aromatic heterocycles. The van der Waals surface area contributed by atoms with Crippen LogP contribution in [0, 0.1) is 3.57 Å². The maximum absolute atomic E-state index is 11.0. The number of ether oxygens (including phenoxy) is 1. The Morgan fingerprint density at radius 2 is 2.38 bits per heavy atom. The van der Waals surface area contributed by atoms with Crippen LogP contribution in [0.1, 0.15) is 18.9 Å². The number of hydrogen-bond donors (Lipinski definition) is 0. The van der Waals surface area contributed by atoms with Crippen LogP contribution in [0.2, 0.25) is 0 Å². The molecule has 1 heterocycles. The zero-order chi connectivity index (χ0) is 9.68. The number of esters is 1. The monoisotopic (exact) mass is 294 g/mol. The second-order valence-electron chi connectivity index (χ2n) is 2.55. The summed E-state index contributed by atoms with van der Waals surface area (Å²) in [5.74, 6) is -0.153. The van der Waals surface area contributed by atoms with Gasteiger partial charge in [0, 0.05) is 12.0 Å². The Labute approximate surface area is 90.6 Å². The minimum Gasteiger partial charge on any atom is -0.471 e. The molecule has 0 saturated carbocycles. The van der Waals surface area contributed by atoms with Crippen LogP contribution < -0.4 is 0 Å². The van der Waals surface area contributed by atoms with E-state index in [0.717, 1.165) is 9.13 Å². The molecule has 1 aromatic rings. The van der Waals surface area contributed by atoms with Gasteiger partial charge in [-0.15, -0.1) is 0 Å². The van der Waals surface area contributed by atoms with Crippen LogP contribution in [0.5, 0.6) is 0 Å². The topological polar surface area (TPSA) is 39.4 Å².